The minimum atomic E-state index is -3.39. The van der Waals surface area contributed by atoms with Crippen molar-refractivity contribution < 1.29 is 22.4 Å². The van der Waals surface area contributed by atoms with Crippen LogP contribution in [0, 0.1) is 17.1 Å². The van der Waals surface area contributed by atoms with Gasteiger partial charge in [0.25, 0.3) is 17.4 Å². The number of fused-ring (bicyclic) bond motifs is 1. The average molecular weight is 472 g/mol. The Labute approximate surface area is 189 Å². The summed E-state index contributed by atoms with van der Waals surface area (Å²) in [6.07, 6.45) is 1.99. The molecule has 0 radical (unpaired) electrons. The molecule has 1 aromatic carbocycles. The van der Waals surface area contributed by atoms with Gasteiger partial charge in [-0.05, 0) is 36.6 Å². The van der Waals surface area contributed by atoms with Crippen molar-refractivity contribution in [3.63, 3.8) is 0 Å². The van der Waals surface area contributed by atoms with Gasteiger partial charge in [0.1, 0.15) is 11.3 Å². The van der Waals surface area contributed by atoms with E-state index in [1.54, 1.807) is 24.3 Å². The third kappa shape index (κ3) is 4.14. The summed E-state index contributed by atoms with van der Waals surface area (Å²) in [4.78, 5) is 39.5. The molecule has 172 valence electrons. The number of carbonyl (C=O) groups is 2. The van der Waals surface area contributed by atoms with E-state index < -0.39 is 49.0 Å². The summed E-state index contributed by atoms with van der Waals surface area (Å²) in [7, 11) is -3.39. The van der Waals surface area contributed by atoms with Gasteiger partial charge in [0.15, 0.2) is 15.7 Å². The summed E-state index contributed by atoms with van der Waals surface area (Å²) in [6.45, 7) is 0.00490. The number of sulfone groups is 1. The molecule has 1 aromatic heterocycles. The van der Waals surface area contributed by atoms with E-state index in [9.17, 15) is 27.2 Å². The van der Waals surface area contributed by atoms with Crippen molar-refractivity contribution in [2.75, 3.05) is 19.3 Å². The van der Waals surface area contributed by atoms with Crippen LogP contribution in [0.5, 0.6) is 0 Å². The lowest BCUT2D eigenvalue weighted by Crippen LogP contribution is -2.50. The summed E-state index contributed by atoms with van der Waals surface area (Å²) < 4.78 is 38.9. The Kier molecular flexibility index (Phi) is 5.57. The number of halogens is 1. The first-order valence-corrected chi connectivity index (χ1v) is 12.1. The van der Waals surface area contributed by atoms with E-state index in [4.69, 9.17) is 5.26 Å². The van der Waals surface area contributed by atoms with Gasteiger partial charge in [0.05, 0.1) is 16.4 Å². The maximum atomic E-state index is 14.9. The molecule has 1 saturated carbocycles. The highest BCUT2D eigenvalue weighted by molar-refractivity contribution is 7.92. The highest BCUT2D eigenvalue weighted by atomic mass is 32.2. The molecule has 1 aliphatic carbocycles. The maximum Gasteiger partial charge on any atom is 0.273 e. The van der Waals surface area contributed by atoms with Crippen LogP contribution in [0.4, 0.5) is 4.39 Å². The second-order valence-corrected chi connectivity index (χ2v) is 10.8. The van der Waals surface area contributed by atoms with E-state index in [0.29, 0.717) is 24.0 Å². The largest absolute Gasteiger partial charge is 0.348 e. The second-order valence-electron chi connectivity index (χ2n) is 8.38. The lowest BCUT2D eigenvalue weighted by atomic mass is 10.1. The molecule has 0 unspecified atom stereocenters. The monoisotopic (exact) mass is 472 g/mol. The van der Waals surface area contributed by atoms with Crippen LogP contribution < -0.4 is 10.9 Å². The fourth-order valence-electron chi connectivity index (χ4n) is 3.96. The Morgan fingerprint density at radius 2 is 1.88 bits per heavy atom. The fraction of sp³-hybridized carbons (Fsp3) is 0.364. The van der Waals surface area contributed by atoms with Crippen LogP contribution >= 0.6 is 0 Å². The number of hydrogen-bond acceptors (Lipinski definition) is 6. The molecule has 0 bridgehead atoms. The van der Waals surface area contributed by atoms with Gasteiger partial charge in [-0.25, -0.2) is 12.8 Å². The number of nitriles is 1. The minimum Gasteiger partial charge on any atom is -0.348 e. The van der Waals surface area contributed by atoms with Gasteiger partial charge in [-0.15, -0.1) is 0 Å². The third-order valence-electron chi connectivity index (χ3n) is 6.18. The second kappa shape index (κ2) is 8.12. The van der Waals surface area contributed by atoms with Gasteiger partial charge in [0, 0.05) is 32.4 Å². The molecule has 0 atom stereocenters. The van der Waals surface area contributed by atoms with Crippen molar-refractivity contribution in [1.82, 2.24) is 14.8 Å². The average Bonchev–Trinajstić information content (AvgIpc) is 3.57. The number of benzene rings is 1. The topological polar surface area (TPSA) is 129 Å². The molecule has 1 fully saturated rings. The molecule has 2 aliphatic rings. The highest BCUT2D eigenvalue weighted by Gasteiger charge is 2.54. The zero-order valence-corrected chi connectivity index (χ0v) is 18.6. The van der Waals surface area contributed by atoms with E-state index in [1.165, 1.54) is 4.90 Å². The summed E-state index contributed by atoms with van der Waals surface area (Å²) in [5, 5.41) is 11.4. The number of nitrogens with one attached hydrogen (secondary N) is 1. The molecule has 4 rings (SSSR count). The van der Waals surface area contributed by atoms with Gasteiger partial charge in [-0.3, -0.25) is 19.0 Å². The molecule has 0 saturated heterocycles. The number of rotatable bonds is 6. The third-order valence-corrected chi connectivity index (χ3v) is 8.29. The molecular formula is C22H21FN4O5S. The number of nitrogens with zero attached hydrogens (tertiary/aromatic N) is 3. The molecule has 11 heteroatoms. The molecule has 33 heavy (non-hydrogen) atoms. The number of carbonyl (C=O) groups excluding carboxylic acids is 2. The predicted octanol–water partition coefficient (Wildman–Crippen LogP) is 0.822. The summed E-state index contributed by atoms with van der Waals surface area (Å²) >= 11 is 0. The van der Waals surface area contributed by atoms with Crippen LogP contribution in [0.1, 0.15) is 44.8 Å². The normalized spacial score (nSPS) is 16.6. The smallest absolute Gasteiger partial charge is 0.273 e. The molecule has 2 amide bonds. The Morgan fingerprint density at radius 3 is 2.45 bits per heavy atom. The van der Waals surface area contributed by atoms with Crippen molar-refractivity contribution in [2.45, 2.75) is 30.7 Å². The zero-order chi connectivity index (χ0) is 24.0. The Bertz CT molecular complexity index is 1350. The first-order valence-electron chi connectivity index (χ1n) is 10.3. The Hall–Kier alpha value is -3.52. The van der Waals surface area contributed by atoms with Crippen LogP contribution in [0.15, 0.2) is 35.1 Å². The molecule has 1 aliphatic heterocycles. The van der Waals surface area contributed by atoms with Crippen LogP contribution in [0.25, 0.3) is 0 Å². The highest BCUT2D eigenvalue weighted by Crippen LogP contribution is 2.44. The van der Waals surface area contributed by atoms with Crippen LogP contribution in [0.2, 0.25) is 0 Å². The van der Waals surface area contributed by atoms with Gasteiger partial charge < -0.3 is 10.2 Å². The number of pyridine rings is 1. The van der Waals surface area contributed by atoms with E-state index in [-0.39, 0.29) is 26.2 Å². The van der Waals surface area contributed by atoms with Crippen molar-refractivity contribution in [3.05, 3.63) is 68.9 Å². The quantitative estimate of drug-likeness (QED) is 0.663. The van der Waals surface area contributed by atoms with Crippen LogP contribution in [0.3, 0.4) is 0 Å². The van der Waals surface area contributed by atoms with Gasteiger partial charge in [0.2, 0.25) is 0 Å². The van der Waals surface area contributed by atoms with E-state index in [2.05, 4.69) is 5.32 Å². The number of hydrogen-bond donors (Lipinski definition) is 1. The minimum absolute atomic E-state index is 0.0404. The Morgan fingerprint density at radius 1 is 1.21 bits per heavy atom. The number of aromatic nitrogens is 1. The van der Waals surface area contributed by atoms with Gasteiger partial charge >= 0.3 is 0 Å². The van der Waals surface area contributed by atoms with Gasteiger partial charge in [-0.2, -0.15) is 5.26 Å². The van der Waals surface area contributed by atoms with Crippen molar-refractivity contribution in [3.8, 4) is 6.07 Å². The fourth-order valence-corrected chi connectivity index (χ4v) is 5.19. The molecule has 9 nitrogen and oxygen atoms in total. The number of amides is 2. The zero-order valence-electron chi connectivity index (χ0n) is 17.8. The Balaban J connectivity index is 1.54. The lowest BCUT2D eigenvalue weighted by Gasteiger charge is -2.32. The van der Waals surface area contributed by atoms with Crippen molar-refractivity contribution >= 4 is 21.7 Å². The first kappa shape index (κ1) is 22.7. The maximum absolute atomic E-state index is 14.9. The lowest BCUT2D eigenvalue weighted by molar-refractivity contribution is 0.0687. The molecule has 1 N–H and O–H groups in total. The van der Waals surface area contributed by atoms with E-state index in [0.717, 1.165) is 16.9 Å². The SMILES string of the molecule is CS(=O)(=O)C1(CN2CCn3c(c(F)cc(C(=O)NCc4ccc(C#N)cc4)c3=O)C2=O)CC1. The van der Waals surface area contributed by atoms with Crippen molar-refractivity contribution in [1.29, 1.82) is 5.26 Å². The molecule has 2 aromatic rings. The summed E-state index contributed by atoms with van der Waals surface area (Å²) in [5.41, 5.74) is -0.546. The molecular weight excluding hydrogens is 451 g/mol. The first-order chi connectivity index (χ1) is 15.6. The van der Waals surface area contributed by atoms with Crippen LogP contribution in [-0.2, 0) is 22.9 Å². The predicted molar refractivity (Wildman–Crippen MR) is 116 cm³/mol. The summed E-state index contributed by atoms with van der Waals surface area (Å²) in [6, 6.07) is 9.19. The summed E-state index contributed by atoms with van der Waals surface area (Å²) in [5.74, 6) is -2.57. The molecule has 0 spiro atoms. The standard InChI is InChI=1S/C22H21FN4O5S/c1-33(31,32)22(6-7-22)13-26-8-9-27-18(21(26)30)17(23)10-16(20(27)29)19(28)25-12-15-4-2-14(11-24)3-5-15/h2-5,10H,6-9,12-13H2,1H3,(H,25,28). The van der Waals surface area contributed by atoms with Crippen LogP contribution in [-0.4, -0.2) is 53.8 Å². The van der Waals surface area contributed by atoms with E-state index in [1.807, 2.05) is 6.07 Å². The van der Waals surface area contributed by atoms with Gasteiger partial charge in [-0.1, -0.05) is 12.1 Å². The van der Waals surface area contributed by atoms with Crippen molar-refractivity contribution in [2.24, 2.45) is 0 Å². The molecule has 2 heterocycles. The van der Waals surface area contributed by atoms with E-state index >= 15 is 0 Å².